The van der Waals surface area contributed by atoms with Gasteiger partial charge in [-0.2, -0.15) is 5.26 Å². The number of amides is 1. The van der Waals surface area contributed by atoms with Gasteiger partial charge in [-0.05, 0) is 5.92 Å². The predicted octanol–water partition coefficient (Wildman–Crippen LogP) is -0.218. The van der Waals surface area contributed by atoms with Crippen LogP contribution in [0.25, 0.3) is 0 Å². The Morgan fingerprint density at radius 3 is 3.07 bits per heavy atom. The van der Waals surface area contributed by atoms with E-state index in [1.807, 2.05) is 13.0 Å². The number of nitrogens with two attached hydrogens (primary N) is 1. The van der Waals surface area contributed by atoms with Gasteiger partial charge in [-0.3, -0.25) is 9.79 Å². The van der Waals surface area contributed by atoms with Crippen LogP contribution in [0.4, 0.5) is 0 Å². The van der Waals surface area contributed by atoms with Crippen LogP contribution in [0, 0.1) is 17.2 Å². The minimum Gasteiger partial charge on any atom is -0.387 e. The third kappa shape index (κ3) is 2.46. The number of nitrogens with zero attached hydrogens (tertiary/aromatic N) is 2. The van der Waals surface area contributed by atoms with E-state index in [0.29, 0.717) is 25.2 Å². The van der Waals surface area contributed by atoms with Crippen LogP contribution in [0.15, 0.2) is 4.99 Å². The van der Waals surface area contributed by atoms with E-state index < -0.39 is 0 Å². The zero-order chi connectivity index (χ0) is 10.6. The van der Waals surface area contributed by atoms with Gasteiger partial charge in [0.05, 0.1) is 18.3 Å². The number of hydrogen-bond donors (Lipinski definition) is 2. The van der Waals surface area contributed by atoms with Gasteiger partial charge in [0.25, 0.3) is 0 Å². The van der Waals surface area contributed by atoms with Crippen LogP contribution < -0.4 is 11.1 Å². The maximum atomic E-state index is 11.5. The highest BCUT2D eigenvalue weighted by atomic mass is 16.2. The summed E-state index contributed by atoms with van der Waals surface area (Å²) in [6.07, 6.45) is 1.00. The van der Waals surface area contributed by atoms with Gasteiger partial charge in [-0.25, -0.2) is 0 Å². The van der Waals surface area contributed by atoms with Crippen molar-refractivity contribution < 1.29 is 4.79 Å². The molecule has 1 aliphatic heterocycles. The molecular weight excluding hydrogens is 180 g/mol. The zero-order valence-corrected chi connectivity index (χ0v) is 8.16. The van der Waals surface area contributed by atoms with Gasteiger partial charge in [0, 0.05) is 13.0 Å². The maximum absolute atomic E-state index is 11.5. The molecule has 76 valence electrons. The second-order valence-electron chi connectivity index (χ2n) is 3.45. The molecule has 1 heterocycles. The molecule has 0 aromatic heterocycles. The van der Waals surface area contributed by atoms with E-state index in [0.717, 1.165) is 0 Å². The molecule has 0 aromatic carbocycles. The van der Waals surface area contributed by atoms with Crippen LogP contribution in [0.1, 0.15) is 19.8 Å². The Bertz CT molecular complexity index is 292. The van der Waals surface area contributed by atoms with Crippen molar-refractivity contribution in [2.75, 3.05) is 6.54 Å². The molecule has 3 N–H and O–H groups in total. The fourth-order valence-electron chi connectivity index (χ4n) is 1.46. The average molecular weight is 194 g/mol. The smallest absolute Gasteiger partial charge is 0.245 e. The Morgan fingerprint density at radius 2 is 2.57 bits per heavy atom. The van der Waals surface area contributed by atoms with Crippen molar-refractivity contribution in [2.45, 2.75) is 25.8 Å². The molecule has 1 aliphatic rings. The number of carbonyl (C=O) groups excluding carboxylic acids is 1. The highest BCUT2D eigenvalue weighted by Gasteiger charge is 2.29. The van der Waals surface area contributed by atoms with Gasteiger partial charge in [0.2, 0.25) is 5.91 Å². The Balaban J connectivity index is 2.41. The fourth-order valence-corrected chi connectivity index (χ4v) is 1.46. The van der Waals surface area contributed by atoms with Crippen LogP contribution >= 0.6 is 0 Å². The topological polar surface area (TPSA) is 91.3 Å². The SMILES string of the molecule is CC1CC(N)=NC1C(=O)NCCC#N. The summed E-state index contributed by atoms with van der Waals surface area (Å²) in [6.45, 7) is 2.33. The molecule has 0 aliphatic carbocycles. The van der Waals surface area contributed by atoms with Gasteiger partial charge < -0.3 is 11.1 Å². The summed E-state index contributed by atoms with van der Waals surface area (Å²) >= 11 is 0. The molecule has 0 saturated heterocycles. The van der Waals surface area contributed by atoms with Gasteiger partial charge in [0.1, 0.15) is 6.04 Å². The molecular formula is C9H14N4O. The first kappa shape index (κ1) is 10.5. The van der Waals surface area contributed by atoms with Crippen LogP contribution in [0.5, 0.6) is 0 Å². The molecule has 2 unspecified atom stereocenters. The van der Waals surface area contributed by atoms with Crippen molar-refractivity contribution in [2.24, 2.45) is 16.6 Å². The fraction of sp³-hybridized carbons (Fsp3) is 0.667. The first-order valence-electron chi connectivity index (χ1n) is 4.62. The second kappa shape index (κ2) is 4.61. The average Bonchev–Trinajstić information content (AvgIpc) is 2.45. The number of nitriles is 1. The van der Waals surface area contributed by atoms with Crippen LogP contribution in [-0.2, 0) is 4.79 Å². The Kier molecular flexibility index (Phi) is 3.46. The number of hydrogen-bond acceptors (Lipinski definition) is 4. The summed E-state index contributed by atoms with van der Waals surface area (Å²) in [6, 6.07) is 1.59. The molecule has 0 bridgehead atoms. The number of amidine groups is 1. The van der Waals surface area contributed by atoms with Crippen LogP contribution in [-0.4, -0.2) is 24.3 Å². The van der Waals surface area contributed by atoms with E-state index >= 15 is 0 Å². The van der Waals surface area contributed by atoms with Crippen molar-refractivity contribution in [3.05, 3.63) is 0 Å². The number of aliphatic imine (C=N–C) groups is 1. The third-order valence-electron chi connectivity index (χ3n) is 2.18. The maximum Gasteiger partial charge on any atom is 0.245 e. The van der Waals surface area contributed by atoms with Crippen LogP contribution in [0.3, 0.4) is 0 Å². The third-order valence-corrected chi connectivity index (χ3v) is 2.18. The van der Waals surface area contributed by atoms with Gasteiger partial charge in [-0.15, -0.1) is 0 Å². The van der Waals surface area contributed by atoms with Crippen molar-refractivity contribution in [1.29, 1.82) is 5.26 Å². The van der Waals surface area contributed by atoms with Crippen molar-refractivity contribution >= 4 is 11.7 Å². The molecule has 1 rings (SSSR count). The molecule has 5 nitrogen and oxygen atoms in total. The second-order valence-corrected chi connectivity index (χ2v) is 3.45. The Morgan fingerprint density at radius 1 is 1.86 bits per heavy atom. The predicted molar refractivity (Wildman–Crippen MR) is 52.4 cm³/mol. The molecule has 14 heavy (non-hydrogen) atoms. The Labute approximate surface area is 83.0 Å². The normalized spacial score (nSPS) is 25.3. The minimum absolute atomic E-state index is 0.131. The van der Waals surface area contributed by atoms with Crippen molar-refractivity contribution in [1.82, 2.24) is 5.32 Å². The highest BCUT2D eigenvalue weighted by Crippen LogP contribution is 2.18. The number of carbonyl (C=O) groups is 1. The standard InChI is InChI=1S/C9H14N4O/c1-6-5-7(11)13-8(6)9(14)12-4-2-3-10/h6,8H,2,4-5H2,1H3,(H2,11,13)(H,12,14). The summed E-state index contributed by atoms with van der Waals surface area (Å²) in [7, 11) is 0. The first-order chi connectivity index (χ1) is 6.65. The minimum atomic E-state index is -0.367. The quantitative estimate of drug-likeness (QED) is 0.608. The van der Waals surface area contributed by atoms with Crippen molar-refractivity contribution in [3.63, 3.8) is 0 Å². The molecule has 0 saturated carbocycles. The van der Waals surface area contributed by atoms with E-state index in [1.165, 1.54) is 0 Å². The zero-order valence-electron chi connectivity index (χ0n) is 8.16. The first-order valence-corrected chi connectivity index (χ1v) is 4.62. The molecule has 1 amide bonds. The summed E-state index contributed by atoms with van der Waals surface area (Å²) in [4.78, 5) is 15.5. The molecule has 0 spiro atoms. The summed E-state index contributed by atoms with van der Waals surface area (Å²) in [5.74, 6) is 0.572. The Hall–Kier alpha value is -1.57. The molecule has 0 fully saturated rings. The summed E-state index contributed by atoms with van der Waals surface area (Å²) < 4.78 is 0. The largest absolute Gasteiger partial charge is 0.387 e. The van der Waals surface area contributed by atoms with E-state index in [1.54, 1.807) is 0 Å². The molecule has 5 heteroatoms. The highest BCUT2D eigenvalue weighted by molar-refractivity contribution is 5.91. The number of rotatable bonds is 3. The van der Waals surface area contributed by atoms with Crippen LogP contribution in [0.2, 0.25) is 0 Å². The molecule has 0 aromatic rings. The van der Waals surface area contributed by atoms with E-state index in [9.17, 15) is 4.79 Å². The van der Waals surface area contributed by atoms with Gasteiger partial charge in [-0.1, -0.05) is 6.92 Å². The van der Waals surface area contributed by atoms with Gasteiger partial charge >= 0.3 is 0 Å². The summed E-state index contributed by atoms with van der Waals surface area (Å²) in [5.41, 5.74) is 5.53. The van der Waals surface area contributed by atoms with E-state index in [-0.39, 0.29) is 17.9 Å². The van der Waals surface area contributed by atoms with E-state index in [2.05, 4.69) is 10.3 Å². The molecule has 2 atom stereocenters. The lowest BCUT2D eigenvalue weighted by molar-refractivity contribution is -0.122. The lowest BCUT2D eigenvalue weighted by Gasteiger charge is -2.11. The summed E-state index contributed by atoms with van der Waals surface area (Å²) in [5, 5.41) is 10.9. The van der Waals surface area contributed by atoms with Gasteiger partial charge in [0.15, 0.2) is 0 Å². The molecule has 0 radical (unpaired) electrons. The number of nitrogens with one attached hydrogen (secondary N) is 1. The van der Waals surface area contributed by atoms with E-state index in [4.69, 9.17) is 11.0 Å². The lowest BCUT2D eigenvalue weighted by Crippen LogP contribution is -2.36. The van der Waals surface area contributed by atoms with Crippen molar-refractivity contribution in [3.8, 4) is 6.07 Å². The monoisotopic (exact) mass is 194 g/mol. The lowest BCUT2D eigenvalue weighted by atomic mass is 10.0.